The number of pyridine rings is 1. The van der Waals surface area contributed by atoms with E-state index in [4.69, 9.17) is 23.2 Å². The molecule has 0 saturated heterocycles. The molecule has 21 heavy (non-hydrogen) atoms. The smallest absolute Gasteiger partial charge is 0.388 e. The Bertz CT molecular complexity index is 671. The van der Waals surface area contributed by atoms with Crippen molar-refractivity contribution in [1.29, 1.82) is 0 Å². The number of aryl methyl sites for hydroxylation is 1. The molecule has 0 bridgehead atoms. The zero-order valence-corrected chi connectivity index (χ0v) is 13.0. The summed E-state index contributed by atoms with van der Waals surface area (Å²) < 4.78 is 29.8. The van der Waals surface area contributed by atoms with Crippen LogP contribution in [0.5, 0.6) is 5.88 Å². The van der Waals surface area contributed by atoms with Crippen molar-refractivity contribution in [3.63, 3.8) is 0 Å². The summed E-state index contributed by atoms with van der Waals surface area (Å²) in [5.74, 6) is -0.283. The predicted octanol–water partition coefficient (Wildman–Crippen LogP) is 3.71. The molecule has 0 amide bonds. The molecule has 0 atom stereocenters. The Hall–Kier alpha value is -1.60. The highest BCUT2D eigenvalue weighted by Gasteiger charge is 2.21. The van der Waals surface area contributed by atoms with Gasteiger partial charge in [-0.3, -0.25) is 4.79 Å². The first kappa shape index (κ1) is 17.5. The lowest BCUT2D eigenvalue weighted by atomic mass is 10.2. The first-order chi connectivity index (χ1) is 9.90. The highest BCUT2D eigenvalue weighted by molar-refractivity contribution is 6.36. The van der Waals surface area contributed by atoms with Crippen LogP contribution in [0.3, 0.4) is 0 Å². The Morgan fingerprint density at radius 2 is 1.95 bits per heavy atom. The van der Waals surface area contributed by atoms with Gasteiger partial charge in [-0.25, -0.2) is 4.68 Å². The van der Waals surface area contributed by atoms with Gasteiger partial charge in [-0.1, -0.05) is 37.0 Å². The van der Waals surface area contributed by atoms with E-state index in [0.717, 1.165) is 4.68 Å². The molecule has 0 saturated carbocycles. The molecule has 2 heterocycles. The Balaban J connectivity index is 0.00000106. The Morgan fingerprint density at radius 3 is 2.48 bits per heavy atom. The van der Waals surface area contributed by atoms with Crippen molar-refractivity contribution >= 4 is 23.2 Å². The number of ether oxygens (including phenoxy) is 1. The van der Waals surface area contributed by atoms with Crippen LogP contribution in [0.15, 0.2) is 16.9 Å². The largest absolute Gasteiger partial charge is 0.416 e. The average molecular weight is 340 g/mol. The van der Waals surface area contributed by atoms with Crippen LogP contribution in [0.4, 0.5) is 8.78 Å². The molecule has 0 fully saturated rings. The summed E-state index contributed by atoms with van der Waals surface area (Å²) in [7, 11) is 1.40. The van der Waals surface area contributed by atoms with Crippen LogP contribution in [-0.4, -0.2) is 21.4 Å². The van der Waals surface area contributed by atoms with Gasteiger partial charge in [0.25, 0.3) is 0 Å². The number of halogens is 4. The molecule has 0 aliphatic heterocycles. The Labute approximate surface area is 129 Å². The molecule has 2 aromatic heterocycles. The standard InChI is InChI=1S/C10H7Cl2F2N3O2.C2H6/c1-17-9(19-10(13)14)6(11)7(16-17)4-2-3-5(18)15-8(4)12;1-2/h2-3,10H,1H3,(H,15,18);1-2H3. The molecule has 116 valence electrons. The summed E-state index contributed by atoms with van der Waals surface area (Å²) in [5.41, 5.74) is 0.0527. The van der Waals surface area contributed by atoms with Gasteiger partial charge < -0.3 is 9.72 Å². The van der Waals surface area contributed by atoms with E-state index in [1.165, 1.54) is 19.2 Å². The summed E-state index contributed by atoms with van der Waals surface area (Å²) in [6.45, 7) is 0.979. The molecule has 0 spiro atoms. The van der Waals surface area contributed by atoms with Crippen molar-refractivity contribution in [2.75, 3.05) is 0 Å². The number of nitrogens with one attached hydrogen (secondary N) is 1. The van der Waals surface area contributed by atoms with Crippen molar-refractivity contribution in [3.8, 4) is 17.1 Å². The van der Waals surface area contributed by atoms with Crippen molar-refractivity contribution in [2.24, 2.45) is 7.05 Å². The monoisotopic (exact) mass is 339 g/mol. The van der Waals surface area contributed by atoms with Gasteiger partial charge in [-0.2, -0.15) is 13.9 Å². The van der Waals surface area contributed by atoms with Gasteiger partial charge >= 0.3 is 6.61 Å². The lowest BCUT2D eigenvalue weighted by Gasteiger charge is -2.03. The fourth-order valence-corrected chi connectivity index (χ4v) is 2.05. The lowest BCUT2D eigenvalue weighted by molar-refractivity contribution is -0.0552. The van der Waals surface area contributed by atoms with Gasteiger partial charge in [0.05, 0.1) is 0 Å². The number of hydrogen-bond acceptors (Lipinski definition) is 3. The van der Waals surface area contributed by atoms with Crippen molar-refractivity contribution in [3.05, 3.63) is 32.7 Å². The molecule has 0 aliphatic carbocycles. The predicted molar refractivity (Wildman–Crippen MR) is 77.3 cm³/mol. The molecule has 2 aromatic rings. The van der Waals surface area contributed by atoms with Gasteiger partial charge in [-0.05, 0) is 6.07 Å². The zero-order chi connectivity index (χ0) is 16.2. The molecule has 0 aliphatic rings. The normalized spacial score (nSPS) is 10.3. The third kappa shape index (κ3) is 3.95. The van der Waals surface area contributed by atoms with Crippen molar-refractivity contribution in [1.82, 2.24) is 14.8 Å². The third-order valence-electron chi connectivity index (χ3n) is 2.27. The number of rotatable bonds is 3. The van der Waals surface area contributed by atoms with Gasteiger partial charge in [0.15, 0.2) is 0 Å². The minimum Gasteiger partial charge on any atom is -0.416 e. The summed E-state index contributed by atoms with van der Waals surface area (Å²) in [6.07, 6.45) is 0. The van der Waals surface area contributed by atoms with Gasteiger partial charge in [0.2, 0.25) is 11.4 Å². The molecule has 2 rings (SSSR count). The van der Waals surface area contributed by atoms with Gasteiger partial charge in [0, 0.05) is 18.7 Å². The topological polar surface area (TPSA) is 59.9 Å². The lowest BCUT2D eigenvalue weighted by Crippen LogP contribution is -2.06. The maximum Gasteiger partial charge on any atom is 0.388 e. The average Bonchev–Trinajstić information content (AvgIpc) is 2.69. The highest BCUT2D eigenvalue weighted by Crippen LogP contribution is 2.37. The Morgan fingerprint density at radius 1 is 1.33 bits per heavy atom. The number of H-pyrrole nitrogens is 1. The summed E-state index contributed by atoms with van der Waals surface area (Å²) >= 11 is 11.8. The van der Waals surface area contributed by atoms with Gasteiger partial charge in [-0.15, -0.1) is 0 Å². The second-order valence-corrected chi connectivity index (χ2v) is 4.28. The molecule has 5 nitrogen and oxygen atoms in total. The third-order valence-corrected chi connectivity index (χ3v) is 2.90. The molecule has 0 radical (unpaired) electrons. The van der Waals surface area contributed by atoms with Crippen LogP contribution in [0.25, 0.3) is 11.3 Å². The van der Waals surface area contributed by atoms with E-state index < -0.39 is 12.2 Å². The minimum absolute atomic E-state index is 0.0103. The van der Waals surface area contributed by atoms with Crippen LogP contribution in [0.1, 0.15) is 13.8 Å². The minimum atomic E-state index is -3.02. The van der Waals surface area contributed by atoms with Crippen molar-refractivity contribution < 1.29 is 13.5 Å². The fourth-order valence-electron chi connectivity index (χ4n) is 1.50. The Kier molecular flexibility index (Phi) is 6.17. The molecular formula is C12H13Cl2F2N3O2. The SMILES string of the molecule is CC.Cn1nc(-c2ccc(=O)[nH]c2Cl)c(Cl)c1OC(F)F. The van der Waals surface area contributed by atoms with E-state index in [-0.39, 0.29) is 21.7 Å². The number of hydrogen-bond donors (Lipinski definition) is 1. The van der Waals surface area contributed by atoms with Crippen LogP contribution in [-0.2, 0) is 7.05 Å². The van der Waals surface area contributed by atoms with Gasteiger partial charge in [0.1, 0.15) is 15.9 Å². The number of alkyl halides is 2. The molecule has 9 heteroatoms. The number of aromatic amines is 1. The summed E-state index contributed by atoms with van der Waals surface area (Å²) in [6, 6.07) is 2.61. The second kappa shape index (κ2) is 7.42. The van der Waals surface area contributed by atoms with E-state index in [1.54, 1.807) is 0 Å². The number of nitrogens with zero attached hydrogens (tertiary/aromatic N) is 2. The fraction of sp³-hybridized carbons (Fsp3) is 0.333. The van der Waals surface area contributed by atoms with E-state index in [2.05, 4.69) is 14.8 Å². The first-order valence-electron chi connectivity index (χ1n) is 5.96. The second-order valence-electron chi connectivity index (χ2n) is 3.52. The zero-order valence-electron chi connectivity index (χ0n) is 11.5. The van der Waals surface area contributed by atoms with E-state index in [9.17, 15) is 13.6 Å². The quantitative estimate of drug-likeness (QED) is 0.867. The summed E-state index contributed by atoms with van der Waals surface area (Å²) in [4.78, 5) is 13.4. The maximum absolute atomic E-state index is 12.2. The molecule has 0 aromatic carbocycles. The van der Waals surface area contributed by atoms with Crippen LogP contribution in [0, 0.1) is 0 Å². The van der Waals surface area contributed by atoms with Crippen molar-refractivity contribution in [2.45, 2.75) is 20.5 Å². The van der Waals surface area contributed by atoms with Crippen LogP contribution >= 0.6 is 23.2 Å². The van der Waals surface area contributed by atoms with Crippen LogP contribution < -0.4 is 10.3 Å². The highest BCUT2D eigenvalue weighted by atomic mass is 35.5. The number of aromatic nitrogens is 3. The molecule has 1 N–H and O–H groups in total. The van der Waals surface area contributed by atoms with E-state index >= 15 is 0 Å². The first-order valence-corrected chi connectivity index (χ1v) is 6.72. The summed E-state index contributed by atoms with van der Waals surface area (Å²) in [5, 5.41) is 3.84. The molecular weight excluding hydrogens is 327 g/mol. The maximum atomic E-state index is 12.2. The van der Waals surface area contributed by atoms with E-state index in [0.29, 0.717) is 5.56 Å². The molecule has 0 unspecified atom stereocenters. The van der Waals surface area contributed by atoms with E-state index in [1.807, 2.05) is 13.8 Å². The van der Waals surface area contributed by atoms with Crippen LogP contribution in [0.2, 0.25) is 10.2 Å².